The molecule has 2 N–H and O–H groups in total. The highest BCUT2D eigenvalue weighted by Gasteiger charge is 2.27. The molecule has 3 aromatic rings. The number of anilines is 1. The first-order chi connectivity index (χ1) is 19.4. The van der Waals surface area contributed by atoms with Crippen LogP contribution in [0.3, 0.4) is 0 Å². The number of hydrazine groups is 1. The van der Waals surface area contributed by atoms with Gasteiger partial charge in [0.15, 0.2) is 0 Å². The molecule has 0 fully saturated rings. The highest BCUT2D eigenvalue weighted by atomic mass is 35.5. The summed E-state index contributed by atoms with van der Waals surface area (Å²) in [6.07, 6.45) is 0. The standard InChI is InChI=1S/C32H44N6O2S.2ClH/c1-22(2)33-14-15-34-29(39)19-37(20-30(40)36(7)38-17-25-10-8-9-11-26(25)18-38)27-16-24(13-12-23(27)3)31-35-28(21-41-31)32(4,5)6;;/h8-13,16,21-22,33H,14-15,17-20H2,1-7H3,(H,34,39);2*1H. The fraction of sp³-hybridized carbons (Fsp3) is 0.469. The Balaban J connectivity index is 0.00000323. The maximum Gasteiger partial charge on any atom is 0.256 e. The Morgan fingerprint density at radius 1 is 1.02 bits per heavy atom. The number of aryl methyl sites for hydroxylation is 1. The smallest absolute Gasteiger partial charge is 0.256 e. The van der Waals surface area contributed by atoms with Crippen molar-refractivity contribution in [2.45, 2.75) is 66.1 Å². The molecule has 8 nitrogen and oxygen atoms in total. The van der Waals surface area contributed by atoms with Crippen molar-refractivity contribution in [2.75, 3.05) is 38.1 Å². The van der Waals surface area contributed by atoms with E-state index >= 15 is 0 Å². The van der Waals surface area contributed by atoms with Crippen LogP contribution in [0.1, 0.15) is 57.0 Å². The summed E-state index contributed by atoms with van der Waals surface area (Å²) in [5, 5.41) is 13.1. The number of nitrogens with one attached hydrogen (secondary N) is 2. The van der Waals surface area contributed by atoms with E-state index in [1.165, 1.54) is 11.1 Å². The molecule has 0 bridgehead atoms. The van der Waals surface area contributed by atoms with Gasteiger partial charge in [0.1, 0.15) is 5.01 Å². The van der Waals surface area contributed by atoms with E-state index in [-0.39, 0.29) is 55.1 Å². The molecule has 1 aliphatic heterocycles. The highest BCUT2D eigenvalue weighted by Crippen LogP contribution is 2.33. The Hall–Kier alpha value is -2.69. The van der Waals surface area contributed by atoms with Gasteiger partial charge in [-0.1, -0.05) is 71.0 Å². The summed E-state index contributed by atoms with van der Waals surface area (Å²) in [7, 11) is 1.82. The van der Waals surface area contributed by atoms with Gasteiger partial charge in [-0.05, 0) is 29.7 Å². The molecule has 2 aromatic carbocycles. The maximum atomic E-state index is 13.7. The number of thiazole rings is 1. The average Bonchev–Trinajstić information content (AvgIpc) is 3.58. The molecule has 236 valence electrons. The van der Waals surface area contributed by atoms with Gasteiger partial charge in [-0.25, -0.2) is 9.99 Å². The molecule has 0 spiro atoms. The van der Waals surface area contributed by atoms with E-state index in [1.54, 1.807) is 16.3 Å². The van der Waals surface area contributed by atoms with Crippen LogP contribution in [0.4, 0.5) is 5.69 Å². The number of likely N-dealkylation sites (N-methyl/N-ethyl adjacent to an activating group) is 1. The minimum Gasteiger partial charge on any atom is -0.353 e. The van der Waals surface area contributed by atoms with Crippen molar-refractivity contribution in [1.29, 1.82) is 0 Å². The van der Waals surface area contributed by atoms with Gasteiger partial charge >= 0.3 is 0 Å². The number of rotatable bonds is 11. The summed E-state index contributed by atoms with van der Waals surface area (Å²) in [6.45, 7) is 15.4. The molecule has 1 aromatic heterocycles. The zero-order valence-corrected chi connectivity index (χ0v) is 28.7. The number of benzene rings is 2. The van der Waals surface area contributed by atoms with E-state index in [4.69, 9.17) is 4.98 Å². The summed E-state index contributed by atoms with van der Waals surface area (Å²) in [5.74, 6) is -0.185. The molecule has 0 saturated heterocycles. The van der Waals surface area contributed by atoms with Crippen molar-refractivity contribution >= 4 is 53.7 Å². The molecule has 0 atom stereocenters. The molecular weight excluding hydrogens is 603 g/mol. The number of carbonyl (C=O) groups is 2. The minimum absolute atomic E-state index is 0. The summed E-state index contributed by atoms with van der Waals surface area (Å²) in [6, 6.07) is 14.8. The Bertz CT molecular complexity index is 1350. The maximum absolute atomic E-state index is 13.7. The first-order valence-electron chi connectivity index (χ1n) is 14.3. The molecule has 2 amide bonds. The normalized spacial score (nSPS) is 12.7. The lowest BCUT2D eigenvalue weighted by molar-refractivity contribution is -0.145. The number of amides is 2. The predicted octanol–water partition coefficient (Wildman–Crippen LogP) is 5.57. The van der Waals surface area contributed by atoms with E-state index in [9.17, 15) is 9.59 Å². The van der Waals surface area contributed by atoms with Crippen molar-refractivity contribution in [3.8, 4) is 10.6 Å². The highest BCUT2D eigenvalue weighted by molar-refractivity contribution is 7.13. The third-order valence-electron chi connectivity index (χ3n) is 7.34. The van der Waals surface area contributed by atoms with Crippen LogP contribution < -0.4 is 15.5 Å². The fourth-order valence-corrected chi connectivity index (χ4v) is 5.85. The van der Waals surface area contributed by atoms with E-state index < -0.39 is 0 Å². The fourth-order valence-electron chi connectivity index (χ4n) is 4.80. The number of halogens is 2. The van der Waals surface area contributed by atoms with Crippen LogP contribution in [0, 0.1) is 6.92 Å². The largest absolute Gasteiger partial charge is 0.353 e. The third kappa shape index (κ3) is 9.65. The van der Waals surface area contributed by atoms with Crippen molar-refractivity contribution in [3.63, 3.8) is 0 Å². The summed E-state index contributed by atoms with van der Waals surface area (Å²) < 4.78 is 0. The first kappa shape index (κ1) is 36.5. The van der Waals surface area contributed by atoms with Crippen molar-refractivity contribution in [1.82, 2.24) is 25.6 Å². The molecule has 0 unspecified atom stereocenters. The topological polar surface area (TPSA) is 80.8 Å². The molecule has 4 rings (SSSR count). The van der Waals surface area contributed by atoms with Crippen LogP contribution in [0.25, 0.3) is 10.6 Å². The lowest BCUT2D eigenvalue weighted by Gasteiger charge is -2.32. The molecule has 43 heavy (non-hydrogen) atoms. The van der Waals surface area contributed by atoms with Gasteiger partial charge in [-0.15, -0.1) is 36.2 Å². The van der Waals surface area contributed by atoms with Gasteiger partial charge in [-0.3, -0.25) is 14.6 Å². The second-order valence-electron chi connectivity index (χ2n) is 12.1. The number of carbonyl (C=O) groups excluding carboxylic acids is 2. The molecule has 11 heteroatoms. The Morgan fingerprint density at radius 3 is 2.26 bits per heavy atom. The second-order valence-corrected chi connectivity index (χ2v) is 13.0. The van der Waals surface area contributed by atoms with Gasteiger partial charge in [0, 0.05) is 61.3 Å². The van der Waals surface area contributed by atoms with Crippen molar-refractivity contribution < 1.29 is 9.59 Å². The Kier molecular flexibility index (Phi) is 13.5. The van der Waals surface area contributed by atoms with Gasteiger partial charge in [0.25, 0.3) is 5.91 Å². The molecule has 2 heterocycles. The number of fused-ring (bicyclic) bond motifs is 1. The SMILES string of the molecule is Cc1ccc(-c2nc(C(C)(C)C)cs2)cc1N(CC(=O)NCCNC(C)C)CC(=O)N(C)N1Cc2ccccc2C1.Cl.Cl. The monoisotopic (exact) mass is 648 g/mol. The van der Waals surface area contributed by atoms with Crippen molar-refractivity contribution in [3.05, 3.63) is 70.2 Å². The van der Waals surface area contributed by atoms with Crippen LogP contribution in [0.5, 0.6) is 0 Å². The third-order valence-corrected chi connectivity index (χ3v) is 8.23. The molecule has 1 aliphatic rings. The number of nitrogens with zero attached hydrogens (tertiary/aromatic N) is 4. The van der Waals surface area contributed by atoms with Crippen LogP contribution >= 0.6 is 36.2 Å². The number of hydrogen-bond donors (Lipinski definition) is 2. The quantitative estimate of drug-likeness (QED) is 0.265. The van der Waals surface area contributed by atoms with Crippen molar-refractivity contribution in [2.24, 2.45) is 0 Å². The Labute approximate surface area is 273 Å². The average molecular weight is 650 g/mol. The van der Waals surface area contributed by atoms with E-state index in [2.05, 4.69) is 79.9 Å². The van der Waals surface area contributed by atoms with E-state index in [1.807, 2.05) is 37.1 Å². The van der Waals surface area contributed by atoms with E-state index in [0.29, 0.717) is 32.2 Å². The summed E-state index contributed by atoms with van der Waals surface area (Å²) >= 11 is 1.62. The zero-order chi connectivity index (χ0) is 29.7. The Morgan fingerprint density at radius 2 is 1.67 bits per heavy atom. The van der Waals surface area contributed by atoms with Crippen LogP contribution in [-0.4, -0.2) is 66.1 Å². The van der Waals surface area contributed by atoms with E-state index in [0.717, 1.165) is 27.5 Å². The van der Waals surface area contributed by atoms with Gasteiger partial charge < -0.3 is 15.5 Å². The zero-order valence-electron chi connectivity index (χ0n) is 26.3. The summed E-state index contributed by atoms with van der Waals surface area (Å²) in [5.41, 5.74) is 6.32. The molecular formula is C32H46Cl2N6O2S. The second kappa shape index (κ2) is 15.9. The summed E-state index contributed by atoms with van der Waals surface area (Å²) in [4.78, 5) is 33.5. The minimum atomic E-state index is -0.117. The lowest BCUT2D eigenvalue weighted by Crippen LogP contribution is -2.48. The predicted molar refractivity (Wildman–Crippen MR) is 182 cm³/mol. The molecule has 0 radical (unpaired) electrons. The molecule has 0 saturated carbocycles. The van der Waals surface area contributed by atoms with Gasteiger partial charge in [0.05, 0.1) is 18.8 Å². The van der Waals surface area contributed by atoms with Crippen LogP contribution in [0.2, 0.25) is 0 Å². The first-order valence-corrected chi connectivity index (χ1v) is 15.2. The number of aromatic nitrogens is 1. The molecule has 0 aliphatic carbocycles. The van der Waals surface area contributed by atoms with Crippen LogP contribution in [-0.2, 0) is 28.1 Å². The van der Waals surface area contributed by atoms with Gasteiger partial charge in [0.2, 0.25) is 5.91 Å². The lowest BCUT2D eigenvalue weighted by atomic mass is 9.93. The number of hydrogen-bond acceptors (Lipinski definition) is 7. The van der Waals surface area contributed by atoms with Crippen LogP contribution in [0.15, 0.2) is 47.8 Å². The van der Waals surface area contributed by atoms with Gasteiger partial charge in [-0.2, -0.15) is 0 Å².